The van der Waals surface area contributed by atoms with Gasteiger partial charge in [-0.15, -0.1) is 0 Å². The highest BCUT2D eigenvalue weighted by Crippen LogP contribution is 2.44. The van der Waals surface area contributed by atoms with Gasteiger partial charge in [0.1, 0.15) is 18.2 Å². The molecular weight excluding hydrogens is 480 g/mol. The summed E-state index contributed by atoms with van der Waals surface area (Å²) in [4.78, 5) is 36.7. The van der Waals surface area contributed by atoms with Crippen LogP contribution in [0, 0.1) is 0 Å². The average molecular weight is 515 g/mol. The van der Waals surface area contributed by atoms with Crippen LogP contribution < -0.4 is 10.6 Å². The summed E-state index contributed by atoms with van der Waals surface area (Å²) in [6, 6.07) is 15.2. The van der Waals surface area contributed by atoms with E-state index in [4.69, 9.17) is 14.2 Å². The van der Waals surface area contributed by atoms with Crippen molar-refractivity contribution in [2.24, 2.45) is 0 Å². The van der Waals surface area contributed by atoms with Crippen LogP contribution in [-0.2, 0) is 19.0 Å². The number of amides is 2. The van der Waals surface area contributed by atoms with Crippen LogP contribution in [0.25, 0.3) is 11.1 Å². The van der Waals surface area contributed by atoms with Crippen molar-refractivity contribution in [2.45, 2.75) is 56.4 Å². The number of alkyl carbamates (subject to hydrolysis) is 2. The summed E-state index contributed by atoms with van der Waals surface area (Å²) in [5.41, 5.74) is 3.88. The molecular formula is C27H34N2O6S. The minimum absolute atomic E-state index is 0.0829. The van der Waals surface area contributed by atoms with E-state index in [2.05, 4.69) is 35.4 Å². The van der Waals surface area contributed by atoms with Gasteiger partial charge in [0.2, 0.25) is 0 Å². The predicted octanol–water partition coefficient (Wildman–Crippen LogP) is 4.67. The fourth-order valence-corrected chi connectivity index (χ4v) is 4.39. The van der Waals surface area contributed by atoms with Crippen molar-refractivity contribution in [3.05, 3.63) is 59.7 Å². The van der Waals surface area contributed by atoms with E-state index in [1.54, 1.807) is 20.8 Å². The standard InChI is InChI=1S/C27H34N2O6S/c1-27(2,3)35-25(31)28-15-17(36)13-14-23(24(30)33-4)29-26(32)34-16-22-20-11-7-5-9-18(20)19-10-6-8-12-21(19)22/h5-12,17,22-23,36H,13-16H2,1-4H3,(H,28,31)(H,29,32). The molecule has 0 bridgehead atoms. The number of fused-ring (bicyclic) bond motifs is 3. The number of carbonyl (C=O) groups is 3. The summed E-state index contributed by atoms with van der Waals surface area (Å²) >= 11 is 4.47. The van der Waals surface area contributed by atoms with E-state index in [9.17, 15) is 14.4 Å². The molecule has 8 nitrogen and oxygen atoms in total. The first kappa shape index (κ1) is 27.4. The zero-order valence-electron chi connectivity index (χ0n) is 21.1. The molecule has 0 saturated carbocycles. The summed E-state index contributed by atoms with van der Waals surface area (Å²) in [5, 5.41) is 5.00. The van der Waals surface area contributed by atoms with Gasteiger partial charge in [-0.05, 0) is 55.9 Å². The molecule has 0 saturated heterocycles. The molecule has 2 aromatic rings. The van der Waals surface area contributed by atoms with Gasteiger partial charge in [-0.25, -0.2) is 14.4 Å². The second-order valence-corrected chi connectivity index (χ2v) is 10.4. The molecule has 2 amide bonds. The third kappa shape index (κ3) is 7.40. The Hall–Kier alpha value is -3.20. The summed E-state index contributed by atoms with van der Waals surface area (Å²) < 4.78 is 15.6. The van der Waals surface area contributed by atoms with Crippen molar-refractivity contribution in [3.8, 4) is 11.1 Å². The van der Waals surface area contributed by atoms with Crippen LogP contribution in [0.15, 0.2) is 48.5 Å². The van der Waals surface area contributed by atoms with Gasteiger partial charge in [-0.3, -0.25) is 0 Å². The zero-order valence-corrected chi connectivity index (χ0v) is 22.0. The quantitative estimate of drug-likeness (QED) is 0.255. The molecule has 0 aliphatic heterocycles. The summed E-state index contributed by atoms with van der Waals surface area (Å²) in [5.74, 6) is -0.662. The molecule has 0 fully saturated rings. The van der Waals surface area contributed by atoms with Gasteiger partial charge < -0.3 is 24.8 Å². The smallest absolute Gasteiger partial charge is 0.407 e. The molecule has 1 aliphatic rings. The van der Waals surface area contributed by atoms with Gasteiger partial charge in [-0.2, -0.15) is 12.6 Å². The van der Waals surface area contributed by atoms with Crippen molar-refractivity contribution in [1.82, 2.24) is 10.6 Å². The topological polar surface area (TPSA) is 103 Å². The van der Waals surface area contributed by atoms with Crippen molar-refractivity contribution in [2.75, 3.05) is 20.3 Å². The van der Waals surface area contributed by atoms with Gasteiger partial charge in [0, 0.05) is 17.7 Å². The van der Waals surface area contributed by atoms with E-state index in [0.29, 0.717) is 6.42 Å². The Morgan fingerprint density at radius 3 is 2.08 bits per heavy atom. The first-order valence-electron chi connectivity index (χ1n) is 11.9. The van der Waals surface area contributed by atoms with E-state index in [-0.39, 0.29) is 30.7 Å². The van der Waals surface area contributed by atoms with E-state index >= 15 is 0 Å². The highest BCUT2D eigenvalue weighted by Gasteiger charge is 2.30. The van der Waals surface area contributed by atoms with Crippen LogP contribution >= 0.6 is 12.6 Å². The number of esters is 1. The maximum Gasteiger partial charge on any atom is 0.407 e. The largest absolute Gasteiger partial charge is 0.467 e. The van der Waals surface area contributed by atoms with Gasteiger partial charge >= 0.3 is 18.2 Å². The molecule has 3 rings (SSSR count). The summed E-state index contributed by atoms with van der Waals surface area (Å²) in [6.45, 7) is 5.72. The van der Waals surface area contributed by atoms with E-state index < -0.39 is 29.8 Å². The lowest BCUT2D eigenvalue weighted by atomic mass is 9.98. The molecule has 2 N–H and O–H groups in total. The molecule has 1 aliphatic carbocycles. The van der Waals surface area contributed by atoms with Crippen LogP contribution in [0.4, 0.5) is 9.59 Å². The van der Waals surface area contributed by atoms with E-state index in [1.165, 1.54) is 7.11 Å². The van der Waals surface area contributed by atoms with Gasteiger partial charge in [0.15, 0.2) is 0 Å². The van der Waals surface area contributed by atoms with Crippen molar-refractivity contribution < 1.29 is 28.6 Å². The molecule has 9 heteroatoms. The Balaban J connectivity index is 1.52. The maximum absolute atomic E-state index is 12.6. The lowest BCUT2D eigenvalue weighted by Gasteiger charge is -2.21. The van der Waals surface area contributed by atoms with Crippen LogP contribution in [0.3, 0.4) is 0 Å². The number of rotatable bonds is 9. The second-order valence-electron chi connectivity index (χ2n) is 9.66. The first-order chi connectivity index (χ1) is 17.1. The monoisotopic (exact) mass is 514 g/mol. The number of hydrogen-bond acceptors (Lipinski definition) is 7. The summed E-state index contributed by atoms with van der Waals surface area (Å²) in [6.07, 6.45) is -0.540. The number of carbonyl (C=O) groups excluding carboxylic acids is 3. The Bertz CT molecular complexity index is 1040. The molecule has 36 heavy (non-hydrogen) atoms. The fourth-order valence-electron chi connectivity index (χ4n) is 4.15. The lowest BCUT2D eigenvalue weighted by Crippen LogP contribution is -2.43. The minimum Gasteiger partial charge on any atom is -0.467 e. The van der Waals surface area contributed by atoms with Crippen molar-refractivity contribution in [1.29, 1.82) is 0 Å². The molecule has 0 heterocycles. The first-order valence-corrected chi connectivity index (χ1v) is 12.4. The minimum atomic E-state index is -0.901. The zero-order chi connectivity index (χ0) is 26.3. The van der Waals surface area contributed by atoms with E-state index in [0.717, 1.165) is 22.3 Å². The fraction of sp³-hybridized carbons (Fsp3) is 0.444. The number of ether oxygens (including phenoxy) is 3. The third-order valence-electron chi connectivity index (χ3n) is 5.79. The van der Waals surface area contributed by atoms with Crippen LogP contribution in [0.5, 0.6) is 0 Å². The molecule has 0 aromatic heterocycles. The highest BCUT2D eigenvalue weighted by atomic mass is 32.1. The number of hydrogen-bond donors (Lipinski definition) is 3. The van der Waals surface area contributed by atoms with Crippen molar-refractivity contribution in [3.63, 3.8) is 0 Å². The number of thiol groups is 1. The lowest BCUT2D eigenvalue weighted by molar-refractivity contribution is -0.143. The molecule has 2 atom stereocenters. The number of nitrogens with one attached hydrogen (secondary N) is 2. The van der Waals surface area contributed by atoms with E-state index in [1.807, 2.05) is 36.4 Å². The Morgan fingerprint density at radius 2 is 1.53 bits per heavy atom. The highest BCUT2D eigenvalue weighted by molar-refractivity contribution is 7.81. The predicted molar refractivity (Wildman–Crippen MR) is 140 cm³/mol. The van der Waals surface area contributed by atoms with Crippen LogP contribution in [0.1, 0.15) is 50.7 Å². The van der Waals surface area contributed by atoms with Crippen LogP contribution in [0.2, 0.25) is 0 Å². The Kier molecular flexibility index (Phi) is 9.25. The molecule has 0 radical (unpaired) electrons. The molecule has 2 unspecified atom stereocenters. The molecule has 0 spiro atoms. The summed E-state index contributed by atoms with van der Waals surface area (Å²) in [7, 11) is 1.26. The maximum atomic E-state index is 12.6. The van der Waals surface area contributed by atoms with Gasteiger partial charge in [0.25, 0.3) is 0 Å². The molecule has 2 aromatic carbocycles. The van der Waals surface area contributed by atoms with Gasteiger partial charge in [-0.1, -0.05) is 48.5 Å². The third-order valence-corrected chi connectivity index (χ3v) is 6.23. The average Bonchev–Trinajstić information content (AvgIpc) is 3.16. The van der Waals surface area contributed by atoms with Crippen molar-refractivity contribution >= 4 is 30.8 Å². The van der Waals surface area contributed by atoms with Gasteiger partial charge in [0.05, 0.1) is 7.11 Å². The number of benzene rings is 2. The second kappa shape index (κ2) is 12.2. The normalized spacial score (nSPS) is 14.1. The van der Waals surface area contributed by atoms with Crippen LogP contribution in [-0.4, -0.2) is 55.3 Å². The Labute approximate surface area is 217 Å². The Morgan fingerprint density at radius 1 is 0.944 bits per heavy atom. The number of methoxy groups -OCH3 is 1. The SMILES string of the molecule is COC(=O)C(CCC(S)CNC(=O)OC(C)(C)C)NC(=O)OCC1c2ccccc2-c2ccccc21. The molecule has 194 valence electrons.